The normalized spacial score (nSPS) is 36.8. The molecule has 3 unspecified atom stereocenters. The van der Waals surface area contributed by atoms with Crippen LogP contribution in [0.5, 0.6) is 0 Å². The fourth-order valence-electron chi connectivity index (χ4n) is 1.78. The summed E-state index contributed by atoms with van der Waals surface area (Å²) in [5, 5.41) is 0. The predicted octanol–water partition coefficient (Wildman–Crippen LogP) is 1.64. The van der Waals surface area contributed by atoms with Crippen molar-refractivity contribution in [2.24, 2.45) is 11.8 Å². The third kappa shape index (κ3) is 2.07. The van der Waals surface area contributed by atoms with Crippen LogP contribution in [-0.2, 0) is 10.0 Å². The minimum atomic E-state index is -3.06. The Kier molecular flexibility index (Phi) is 3.41. The first-order valence-corrected chi connectivity index (χ1v) is 7.18. The molecule has 0 N–H and O–H groups in total. The molecule has 78 valence electrons. The Balaban J connectivity index is 2.86. The molecule has 0 aromatic rings. The lowest BCUT2D eigenvalue weighted by Gasteiger charge is -2.21. The molecule has 1 aliphatic rings. The molecule has 1 rings (SSSR count). The molecule has 3 atom stereocenters. The predicted molar refractivity (Wildman–Crippen MR) is 57.2 cm³/mol. The lowest BCUT2D eigenvalue weighted by Crippen LogP contribution is -2.35. The number of alkyl halides is 1. The highest BCUT2D eigenvalue weighted by Gasteiger charge is 2.39. The lowest BCUT2D eigenvalue weighted by molar-refractivity contribution is 0.368. The Morgan fingerprint density at radius 1 is 1.38 bits per heavy atom. The van der Waals surface area contributed by atoms with Gasteiger partial charge in [0.1, 0.15) is 4.66 Å². The van der Waals surface area contributed by atoms with Gasteiger partial charge in [-0.3, -0.25) is 0 Å². The van der Waals surface area contributed by atoms with Crippen molar-refractivity contribution in [2.45, 2.75) is 26.8 Å². The summed E-state index contributed by atoms with van der Waals surface area (Å²) in [6.07, 6.45) is 0. The molecule has 3 nitrogen and oxygen atoms in total. The second-order valence-corrected chi connectivity index (χ2v) is 7.09. The van der Waals surface area contributed by atoms with Crippen LogP contribution in [-0.4, -0.2) is 30.0 Å². The molecule has 13 heavy (non-hydrogen) atoms. The zero-order valence-corrected chi connectivity index (χ0v) is 10.6. The second-order valence-electron chi connectivity index (χ2n) is 3.87. The molecule has 0 spiro atoms. The Hall–Kier alpha value is 0.390. The van der Waals surface area contributed by atoms with Crippen molar-refractivity contribution in [1.29, 1.82) is 0 Å². The van der Waals surface area contributed by atoms with E-state index in [1.807, 2.05) is 6.92 Å². The maximum Gasteiger partial charge on any atom is 0.224 e. The summed E-state index contributed by atoms with van der Waals surface area (Å²) in [5.41, 5.74) is 0. The molecule has 0 bridgehead atoms. The van der Waals surface area contributed by atoms with E-state index in [2.05, 4.69) is 29.8 Å². The van der Waals surface area contributed by atoms with Crippen LogP contribution in [0.3, 0.4) is 0 Å². The van der Waals surface area contributed by atoms with Gasteiger partial charge in [-0.2, -0.15) is 4.31 Å². The van der Waals surface area contributed by atoms with Crippen LogP contribution in [0.15, 0.2) is 0 Å². The third-order valence-corrected chi connectivity index (χ3v) is 6.28. The van der Waals surface area contributed by atoms with Crippen molar-refractivity contribution >= 4 is 26.0 Å². The van der Waals surface area contributed by atoms with E-state index in [1.54, 1.807) is 4.31 Å². The number of nitrogens with zero attached hydrogens (tertiary/aromatic N) is 1. The summed E-state index contributed by atoms with van der Waals surface area (Å²) >= 11 is 3.02. The SMILES string of the molecule is CC1CN(S(=O)(=O)CBr)C(C)C1C. The van der Waals surface area contributed by atoms with Gasteiger partial charge >= 0.3 is 0 Å². The first kappa shape index (κ1) is 11.5. The molecule has 5 heteroatoms. The number of sulfonamides is 1. The quantitative estimate of drug-likeness (QED) is 0.715. The van der Waals surface area contributed by atoms with Gasteiger partial charge in [-0.05, 0) is 18.8 Å². The number of rotatable bonds is 2. The summed E-state index contributed by atoms with van der Waals surface area (Å²) in [6, 6.07) is 0.137. The van der Waals surface area contributed by atoms with Crippen molar-refractivity contribution in [1.82, 2.24) is 4.31 Å². The molecule has 1 aliphatic heterocycles. The van der Waals surface area contributed by atoms with E-state index in [0.717, 1.165) is 0 Å². The summed E-state index contributed by atoms with van der Waals surface area (Å²) in [7, 11) is -3.06. The molecule has 0 aromatic carbocycles. The zero-order valence-electron chi connectivity index (χ0n) is 8.20. The Labute approximate surface area is 88.7 Å². The van der Waals surface area contributed by atoms with E-state index in [1.165, 1.54) is 0 Å². The Morgan fingerprint density at radius 3 is 2.23 bits per heavy atom. The van der Waals surface area contributed by atoms with Crippen LogP contribution in [0.1, 0.15) is 20.8 Å². The fraction of sp³-hybridized carbons (Fsp3) is 1.00. The minimum Gasteiger partial charge on any atom is -0.211 e. The molecule has 0 saturated carbocycles. The molecular formula is C8H16BrNO2S. The molecule has 1 heterocycles. The average Bonchev–Trinajstić information content (AvgIpc) is 2.33. The van der Waals surface area contributed by atoms with Crippen LogP contribution >= 0.6 is 15.9 Å². The number of hydrogen-bond acceptors (Lipinski definition) is 2. The third-order valence-electron chi connectivity index (χ3n) is 3.08. The van der Waals surface area contributed by atoms with E-state index in [-0.39, 0.29) is 10.7 Å². The van der Waals surface area contributed by atoms with Gasteiger partial charge in [-0.25, -0.2) is 8.42 Å². The molecule has 1 saturated heterocycles. The van der Waals surface area contributed by atoms with Gasteiger partial charge in [-0.1, -0.05) is 29.8 Å². The van der Waals surface area contributed by atoms with E-state index >= 15 is 0 Å². The standard InChI is InChI=1S/C8H16BrNO2S/c1-6-4-10(8(3)7(6)2)13(11,12)5-9/h6-8H,4-5H2,1-3H3. The smallest absolute Gasteiger partial charge is 0.211 e. The fourth-order valence-corrected chi connectivity index (χ4v) is 3.86. The monoisotopic (exact) mass is 269 g/mol. The lowest BCUT2D eigenvalue weighted by atomic mass is 9.95. The van der Waals surface area contributed by atoms with Gasteiger partial charge in [-0.15, -0.1) is 0 Å². The van der Waals surface area contributed by atoms with E-state index < -0.39 is 10.0 Å². The highest BCUT2D eigenvalue weighted by atomic mass is 79.9. The van der Waals surface area contributed by atoms with Crippen LogP contribution in [0.25, 0.3) is 0 Å². The Morgan fingerprint density at radius 2 is 1.92 bits per heavy atom. The maximum atomic E-state index is 11.6. The van der Waals surface area contributed by atoms with E-state index in [4.69, 9.17) is 0 Å². The van der Waals surface area contributed by atoms with Crippen LogP contribution < -0.4 is 0 Å². The van der Waals surface area contributed by atoms with Crippen molar-refractivity contribution in [3.8, 4) is 0 Å². The van der Waals surface area contributed by atoms with Crippen LogP contribution in [0.2, 0.25) is 0 Å². The second kappa shape index (κ2) is 3.87. The average molecular weight is 270 g/mol. The highest BCUT2D eigenvalue weighted by molar-refractivity contribution is 9.10. The van der Waals surface area contributed by atoms with Crippen molar-refractivity contribution in [2.75, 3.05) is 11.2 Å². The van der Waals surface area contributed by atoms with E-state index in [0.29, 0.717) is 18.4 Å². The van der Waals surface area contributed by atoms with Crippen molar-refractivity contribution in [3.63, 3.8) is 0 Å². The van der Waals surface area contributed by atoms with Gasteiger partial charge < -0.3 is 0 Å². The summed E-state index contributed by atoms with van der Waals surface area (Å²) in [6.45, 7) is 6.86. The molecule has 0 amide bonds. The van der Waals surface area contributed by atoms with Gasteiger partial charge in [0.25, 0.3) is 0 Å². The van der Waals surface area contributed by atoms with Crippen LogP contribution in [0.4, 0.5) is 0 Å². The zero-order chi connectivity index (χ0) is 10.2. The molecule has 0 radical (unpaired) electrons. The van der Waals surface area contributed by atoms with Gasteiger partial charge in [0, 0.05) is 12.6 Å². The largest absolute Gasteiger partial charge is 0.224 e. The first-order chi connectivity index (χ1) is 5.90. The molecule has 0 aliphatic carbocycles. The first-order valence-electron chi connectivity index (χ1n) is 4.45. The number of halogens is 1. The molecule has 0 aromatic heterocycles. The van der Waals surface area contributed by atoms with Gasteiger partial charge in [0.2, 0.25) is 10.0 Å². The topological polar surface area (TPSA) is 37.4 Å². The van der Waals surface area contributed by atoms with Gasteiger partial charge in [0.15, 0.2) is 0 Å². The molecular weight excluding hydrogens is 254 g/mol. The van der Waals surface area contributed by atoms with Gasteiger partial charge in [0.05, 0.1) is 0 Å². The number of hydrogen-bond donors (Lipinski definition) is 0. The summed E-state index contributed by atoms with van der Waals surface area (Å²) < 4.78 is 24.8. The molecule has 1 fully saturated rings. The van der Waals surface area contributed by atoms with Crippen LogP contribution in [0, 0.1) is 11.8 Å². The summed E-state index contributed by atoms with van der Waals surface area (Å²) in [4.78, 5) is 0. The van der Waals surface area contributed by atoms with Crippen molar-refractivity contribution < 1.29 is 8.42 Å². The summed E-state index contributed by atoms with van der Waals surface area (Å²) in [5.74, 6) is 0.914. The minimum absolute atomic E-state index is 0.0315. The van der Waals surface area contributed by atoms with Crippen molar-refractivity contribution in [3.05, 3.63) is 0 Å². The maximum absolute atomic E-state index is 11.6. The van der Waals surface area contributed by atoms with E-state index in [9.17, 15) is 8.42 Å². The highest BCUT2D eigenvalue weighted by Crippen LogP contribution is 2.31. The Bertz CT molecular complexity index is 278.